The number of rotatable bonds is 4. The molecule has 0 amide bonds. The molecule has 0 bridgehead atoms. The molecule has 1 fully saturated rings. The third kappa shape index (κ3) is 3.20. The Balaban J connectivity index is 2.36. The molecule has 1 aromatic rings. The lowest BCUT2D eigenvalue weighted by molar-refractivity contribution is -0.147. The van der Waals surface area contributed by atoms with Crippen LogP contribution in [-0.4, -0.2) is 16.6 Å². The molecule has 21 heavy (non-hydrogen) atoms. The first-order chi connectivity index (χ1) is 9.85. The Morgan fingerprint density at radius 3 is 2.48 bits per heavy atom. The highest BCUT2D eigenvalue weighted by Gasteiger charge is 2.50. The minimum atomic E-state index is -0.969. The van der Waals surface area contributed by atoms with Gasteiger partial charge in [-0.2, -0.15) is 0 Å². The number of nitrogens with one attached hydrogen (secondary N) is 1. The normalized spacial score (nSPS) is 29.4. The third-order valence-electron chi connectivity index (χ3n) is 4.67. The van der Waals surface area contributed by atoms with E-state index in [2.05, 4.69) is 26.1 Å². The van der Waals surface area contributed by atoms with Crippen LogP contribution in [0.1, 0.15) is 40.0 Å². The zero-order chi connectivity index (χ0) is 15.6. The maximum atomic E-state index is 13.0. The first-order valence-electron chi connectivity index (χ1n) is 7.62. The third-order valence-corrected chi connectivity index (χ3v) is 4.67. The van der Waals surface area contributed by atoms with E-state index in [1.165, 1.54) is 12.1 Å². The van der Waals surface area contributed by atoms with Crippen molar-refractivity contribution in [3.05, 3.63) is 30.1 Å². The second-order valence-electron chi connectivity index (χ2n) is 6.65. The number of carboxylic acid groups (broad SMARTS) is 1. The topological polar surface area (TPSA) is 49.3 Å². The number of carboxylic acids is 1. The number of hydrogen-bond acceptors (Lipinski definition) is 2. The van der Waals surface area contributed by atoms with E-state index in [0.717, 1.165) is 12.8 Å². The highest BCUT2D eigenvalue weighted by Crippen LogP contribution is 2.43. The number of halogens is 1. The van der Waals surface area contributed by atoms with Gasteiger partial charge in [0.2, 0.25) is 0 Å². The van der Waals surface area contributed by atoms with Crippen LogP contribution in [0.2, 0.25) is 0 Å². The van der Waals surface area contributed by atoms with Gasteiger partial charge in [-0.3, -0.25) is 0 Å². The molecule has 0 spiro atoms. The van der Waals surface area contributed by atoms with E-state index < -0.39 is 11.5 Å². The molecule has 116 valence electrons. The Kier molecular flexibility index (Phi) is 4.55. The summed E-state index contributed by atoms with van der Waals surface area (Å²) in [5, 5.41) is 13.1. The SMILES string of the molecule is CC1CCC(C(C)C)C(Nc2ccc(F)cc2)(C(=O)O)C1. The first kappa shape index (κ1) is 15.8. The van der Waals surface area contributed by atoms with Crippen molar-refractivity contribution < 1.29 is 14.3 Å². The van der Waals surface area contributed by atoms with Gasteiger partial charge in [0.25, 0.3) is 0 Å². The summed E-state index contributed by atoms with van der Waals surface area (Å²) >= 11 is 0. The molecule has 3 atom stereocenters. The van der Waals surface area contributed by atoms with Crippen molar-refractivity contribution in [2.24, 2.45) is 17.8 Å². The van der Waals surface area contributed by atoms with Crippen LogP contribution >= 0.6 is 0 Å². The van der Waals surface area contributed by atoms with Crippen LogP contribution in [0, 0.1) is 23.6 Å². The summed E-state index contributed by atoms with van der Waals surface area (Å²) in [6, 6.07) is 5.93. The molecule has 2 N–H and O–H groups in total. The zero-order valence-corrected chi connectivity index (χ0v) is 12.9. The summed E-state index contributed by atoms with van der Waals surface area (Å²) in [6.07, 6.45) is 2.56. The van der Waals surface area contributed by atoms with Crippen LogP contribution in [0.4, 0.5) is 10.1 Å². The average molecular weight is 293 g/mol. The van der Waals surface area contributed by atoms with E-state index in [9.17, 15) is 14.3 Å². The number of hydrogen-bond donors (Lipinski definition) is 2. The number of aliphatic carboxylic acids is 1. The largest absolute Gasteiger partial charge is 0.479 e. The van der Waals surface area contributed by atoms with Gasteiger partial charge in [0.1, 0.15) is 11.4 Å². The van der Waals surface area contributed by atoms with Gasteiger partial charge in [0.05, 0.1) is 0 Å². The van der Waals surface area contributed by atoms with Crippen LogP contribution in [0.5, 0.6) is 0 Å². The molecular formula is C17H24FNO2. The highest BCUT2D eigenvalue weighted by molar-refractivity contribution is 5.83. The summed E-state index contributed by atoms with van der Waals surface area (Å²) in [5.74, 6) is -0.415. The van der Waals surface area contributed by atoms with Crippen LogP contribution in [0.15, 0.2) is 24.3 Å². The van der Waals surface area contributed by atoms with E-state index in [1.54, 1.807) is 12.1 Å². The smallest absolute Gasteiger partial charge is 0.329 e. The number of anilines is 1. The molecule has 0 radical (unpaired) electrons. The van der Waals surface area contributed by atoms with E-state index in [0.29, 0.717) is 18.0 Å². The van der Waals surface area contributed by atoms with Crippen LogP contribution < -0.4 is 5.32 Å². The summed E-state index contributed by atoms with van der Waals surface area (Å²) in [6.45, 7) is 6.25. The average Bonchev–Trinajstić information content (AvgIpc) is 2.41. The lowest BCUT2D eigenvalue weighted by atomic mass is 9.64. The lowest BCUT2D eigenvalue weighted by Crippen LogP contribution is -2.57. The van der Waals surface area contributed by atoms with Crippen molar-refractivity contribution in [2.45, 2.75) is 45.6 Å². The van der Waals surface area contributed by atoms with Crippen molar-refractivity contribution in [3.63, 3.8) is 0 Å². The van der Waals surface area contributed by atoms with E-state index in [4.69, 9.17) is 0 Å². The van der Waals surface area contributed by atoms with Gasteiger partial charge in [-0.1, -0.05) is 27.2 Å². The molecule has 1 aliphatic carbocycles. The molecule has 1 aromatic carbocycles. The monoisotopic (exact) mass is 293 g/mol. The fourth-order valence-electron chi connectivity index (χ4n) is 3.65. The van der Waals surface area contributed by atoms with E-state index in [-0.39, 0.29) is 17.7 Å². The molecule has 0 aromatic heterocycles. The predicted octanol–water partition coefficient (Wildman–Crippen LogP) is 4.15. The van der Waals surface area contributed by atoms with Crippen molar-refractivity contribution in [3.8, 4) is 0 Å². The van der Waals surface area contributed by atoms with E-state index in [1.807, 2.05) is 0 Å². The molecule has 3 unspecified atom stereocenters. The maximum absolute atomic E-state index is 13.0. The fourth-order valence-corrected chi connectivity index (χ4v) is 3.65. The molecule has 4 heteroatoms. The Morgan fingerprint density at radius 1 is 1.33 bits per heavy atom. The summed E-state index contributed by atoms with van der Waals surface area (Å²) in [4.78, 5) is 12.1. The molecule has 1 aliphatic rings. The first-order valence-corrected chi connectivity index (χ1v) is 7.62. The summed E-state index contributed by atoms with van der Waals surface area (Å²) in [5.41, 5.74) is -0.303. The van der Waals surface area contributed by atoms with Gasteiger partial charge in [-0.05, 0) is 54.9 Å². The van der Waals surface area contributed by atoms with Crippen LogP contribution in [0.3, 0.4) is 0 Å². The standard InChI is InChI=1S/C17H24FNO2/c1-11(2)15-9-4-12(3)10-17(15,16(20)21)19-14-7-5-13(18)6-8-14/h5-8,11-12,15,19H,4,9-10H2,1-3H3,(H,20,21). The number of carbonyl (C=O) groups is 1. The van der Waals surface area contributed by atoms with Crippen molar-refractivity contribution in [1.29, 1.82) is 0 Å². The van der Waals surface area contributed by atoms with Gasteiger partial charge in [0, 0.05) is 5.69 Å². The molecule has 2 rings (SSSR count). The highest BCUT2D eigenvalue weighted by atomic mass is 19.1. The Hall–Kier alpha value is -1.58. The summed E-state index contributed by atoms with van der Waals surface area (Å²) < 4.78 is 13.0. The molecule has 1 saturated carbocycles. The molecule has 0 saturated heterocycles. The molecule has 0 aliphatic heterocycles. The van der Waals surface area contributed by atoms with Crippen molar-refractivity contribution in [2.75, 3.05) is 5.32 Å². The van der Waals surface area contributed by atoms with Gasteiger partial charge in [-0.25, -0.2) is 9.18 Å². The quantitative estimate of drug-likeness (QED) is 0.876. The minimum Gasteiger partial charge on any atom is -0.479 e. The van der Waals surface area contributed by atoms with Gasteiger partial charge >= 0.3 is 5.97 Å². The van der Waals surface area contributed by atoms with Gasteiger partial charge in [-0.15, -0.1) is 0 Å². The van der Waals surface area contributed by atoms with Crippen LogP contribution in [-0.2, 0) is 4.79 Å². The molecule has 3 nitrogen and oxygen atoms in total. The van der Waals surface area contributed by atoms with Crippen LogP contribution in [0.25, 0.3) is 0 Å². The Labute approximate surface area is 125 Å². The summed E-state index contributed by atoms with van der Waals surface area (Å²) in [7, 11) is 0. The lowest BCUT2D eigenvalue weighted by Gasteiger charge is -2.46. The fraction of sp³-hybridized carbons (Fsp3) is 0.588. The van der Waals surface area contributed by atoms with Crippen molar-refractivity contribution >= 4 is 11.7 Å². The second-order valence-corrected chi connectivity index (χ2v) is 6.65. The van der Waals surface area contributed by atoms with Gasteiger partial charge < -0.3 is 10.4 Å². The van der Waals surface area contributed by atoms with Gasteiger partial charge in [0.15, 0.2) is 0 Å². The number of benzene rings is 1. The van der Waals surface area contributed by atoms with Crippen molar-refractivity contribution in [1.82, 2.24) is 0 Å². The molecule has 0 heterocycles. The second kappa shape index (κ2) is 6.04. The Bertz CT molecular complexity index is 500. The zero-order valence-electron chi connectivity index (χ0n) is 12.9. The van der Waals surface area contributed by atoms with E-state index >= 15 is 0 Å². The Morgan fingerprint density at radius 2 is 1.95 bits per heavy atom. The predicted molar refractivity (Wildman–Crippen MR) is 81.7 cm³/mol. The molecular weight excluding hydrogens is 269 g/mol. The maximum Gasteiger partial charge on any atom is 0.329 e. The minimum absolute atomic E-state index is 0.0660.